The fourth-order valence-electron chi connectivity index (χ4n) is 3.55. The Bertz CT molecular complexity index is 1330. The van der Waals surface area contributed by atoms with Gasteiger partial charge in [0.2, 0.25) is 5.91 Å². The highest BCUT2D eigenvalue weighted by Gasteiger charge is 2.26. The maximum atomic E-state index is 12.4. The molecule has 3 heterocycles. The van der Waals surface area contributed by atoms with Crippen LogP contribution in [0.5, 0.6) is 0 Å². The predicted octanol–water partition coefficient (Wildman–Crippen LogP) is 4.98. The van der Waals surface area contributed by atoms with Crippen molar-refractivity contribution in [2.24, 2.45) is 5.73 Å². The molecule has 0 aliphatic heterocycles. The normalized spacial score (nSPS) is 12.9. The number of nitrogens with two attached hydrogens (primary N) is 1. The average molecular weight is 491 g/mol. The van der Waals surface area contributed by atoms with E-state index >= 15 is 0 Å². The molecule has 0 saturated carbocycles. The first kappa shape index (κ1) is 20.5. The molecule has 0 atom stereocenters. The number of carbonyl (C=O) groups excluding carboxylic acids is 2. The molecule has 11 heteroatoms. The minimum absolute atomic E-state index is 0.0581. The van der Waals surface area contributed by atoms with Crippen molar-refractivity contribution in [3.05, 3.63) is 45.3 Å². The maximum Gasteiger partial charge on any atom is 0.277 e. The Labute approximate surface area is 194 Å². The number of primary amides is 1. The number of halogens is 1. The van der Waals surface area contributed by atoms with E-state index in [2.05, 4.69) is 15.5 Å². The number of nitrogens with zero attached hydrogens (tertiary/aromatic N) is 2. The molecule has 1 aromatic carbocycles. The molecule has 0 saturated heterocycles. The van der Waals surface area contributed by atoms with E-state index in [1.165, 1.54) is 22.7 Å². The zero-order chi connectivity index (χ0) is 21.5. The molecular formula is C20H15ClN4O3S3. The molecule has 0 fully saturated rings. The van der Waals surface area contributed by atoms with Gasteiger partial charge in [-0.1, -0.05) is 41.6 Å². The number of anilines is 1. The molecule has 0 radical (unpaired) electrons. The number of thioether (sulfide) groups is 1. The number of thiophene rings is 2. The van der Waals surface area contributed by atoms with Crippen molar-refractivity contribution < 1.29 is 14.0 Å². The summed E-state index contributed by atoms with van der Waals surface area (Å²) in [4.78, 5) is 26.1. The topological polar surface area (TPSA) is 111 Å². The van der Waals surface area contributed by atoms with Crippen LogP contribution in [0.1, 0.15) is 27.2 Å². The van der Waals surface area contributed by atoms with Gasteiger partial charge in [0.25, 0.3) is 17.0 Å². The molecule has 158 valence electrons. The molecule has 2 amide bonds. The first-order chi connectivity index (χ1) is 15.0. The smallest absolute Gasteiger partial charge is 0.277 e. The molecule has 0 unspecified atom stereocenters. The summed E-state index contributed by atoms with van der Waals surface area (Å²) in [5, 5.41) is 13.2. The SMILES string of the molecule is NC(=O)c1c(NC(=O)CSc2nnc(-c3sc4ccccc4c3Cl)o2)sc2c1CCC2. The monoisotopic (exact) mass is 490 g/mol. The minimum Gasteiger partial charge on any atom is -0.410 e. The van der Waals surface area contributed by atoms with Gasteiger partial charge in [-0.25, -0.2) is 0 Å². The number of aromatic nitrogens is 2. The Hall–Kier alpha value is -2.40. The zero-order valence-corrected chi connectivity index (χ0v) is 19.1. The van der Waals surface area contributed by atoms with E-state index in [1.54, 1.807) is 0 Å². The average Bonchev–Trinajstić information content (AvgIpc) is 3.50. The Kier molecular flexibility index (Phi) is 5.47. The first-order valence-electron chi connectivity index (χ1n) is 9.39. The second-order valence-corrected chi connectivity index (χ2v) is 10.3. The first-order valence-corrected chi connectivity index (χ1v) is 12.4. The fourth-order valence-corrected chi connectivity index (χ4v) is 6.86. The lowest BCUT2D eigenvalue weighted by Crippen LogP contribution is -2.18. The number of benzene rings is 1. The Morgan fingerprint density at radius 2 is 2.06 bits per heavy atom. The molecule has 3 N–H and O–H groups in total. The summed E-state index contributed by atoms with van der Waals surface area (Å²) < 4.78 is 6.74. The minimum atomic E-state index is -0.510. The quantitative estimate of drug-likeness (QED) is 0.368. The van der Waals surface area contributed by atoms with Crippen LogP contribution in [0.4, 0.5) is 5.00 Å². The van der Waals surface area contributed by atoms with Gasteiger partial charge < -0.3 is 15.5 Å². The summed E-state index contributed by atoms with van der Waals surface area (Å²) in [7, 11) is 0. The zero-order valence-electron chi connectivity index (χ0n) is 15.9. The van der Waals surface area contributed by atoms with Crippen LogP contribution in [0.15, 0.2) is 33.9 Å². The number of aryl methyl sites for hydroxylation is 1. The number of nitrogens with one attached hydrogen (secondary N) is 1. The number of fused-ring (bicyclic) bond motifs is 2. The van der Waals surface area contributed by atoms with Crippen molar-refractivity contribution in [1.82, 2.24) is 10.2 Å². The summed E-state index contributed by atoms with van der Waals surface area (Å²) >= 11 is 10.5. The molecule has 0 bridgehead atoms. The van der Waals surface area contributed by atoms with Gasteiger partial charge in [-0.15, -0.1) is 32.9 Å². The Morgan fingerprint density at radius 3 is 2.87 bits per heavy atom. The molecule has 1 aliphatic rings. The molecule has 31 heavy (non-hydrogen) atoms. The van der Waals surface area contributed by atoms with Gasteiger partial charge in [0.15, 0.2) is 0 Å². The lowest BCUT2D eigenvalue weighted by molar-refractivity contribution is -0.113. The number of hydrogen-bond donors (Lipinski definition) is 2. The number of amides is 2. The van der Waals surface area contributed by atoms with Crippen LogP contribution in [0.3, 0.4) is 0 Å². The van der Waals surface area contributed by atoms with E-state index in [9.17, 15) is 9.59 Å². The molecule has 1 aliphatic carbocycles. The van der Waals surface area contributed by atoms with Gasteiger partial charge in [-0.05, 0) is 30.9 Å². The molecule has 4 aromatic rings. The van der Waals surface area contributed by atoms with Crippen LogP contribution in [0.25, 0.3) is 20.9 Å². The number of rotatable bonds is 6. The van der Waals surface area contributed by atoms with Gasteiger partial charge in [-0.3, -0.25) is 9.59 Å². The van der Waals surface area contributed by atoms with E-state index in [4.69, 9.17) is 21.8 Å². The largest absolute Gasteiger partial charge is 0.410 e. The van der Waals surface area contributed by atoms with E-state index in [0.29, 0.717) is 26.4 Å². The summed E-state index contributed by atoms with van der Waals surface area (Å²) in [6.07, 6.45) is 2.74. The summed E-state index contributed by atoms with van der Waals surface area (Å²) in [6.45, 7) is 0. The van der Waals surface area contributed by atoms with E-state index in [0.717, 1.165) is 51.6 Å². The Balaban J connectivity index is 1.27. The number of carbonyl (C=O) groups is 2. The highest BCUT2D eigenvalue weighted by atomic mass is 35.5. The molecule has 7 nitrogen and oxygen atoms in total. The third kappa shape index (κ3) is 3.84. The number of hydrogen-bond acceptors (Lipinski definition) is 8. The molecule has 5 rings (SSSR count). The highest BCUT2D eigenvalue weighted by Crippen LogP contribution is 2.42. The summed E-state index contributed by atoms with van der Waals surface area (Å²) in [5.74, 6) is -0.404. The standard InChI is InChI=1S/C20H15ClN4O3S3/c21-15-10-4-1-2-6-12(10)30-16(15)18-24-25-20(28-18)29-8-13(26)23-19-14(17(22)27)9-5-3-7-11(9)31-19/h1-2,4,6H,3,5,7-8H2,(H2,22,27)(H,23,26). The molecule has 0 spiro atoms. The van der Waals surface area contributed by atoms with Crippen LogP contribution >= 0.6 is 46.0 Å². The van der Waals surface area contributed by atoms with Crippen LogP contribution in [0, 0.1) is 0 Å². The molecular weight excluding hydrogens is 476 g/mol. The summed E-state index contributed by atoms with van der Waals surface area (Å²) in [6, 6.07) is 7.78. The molecule has 3 aromatic heterocycles. The summed E-state index contributed by atoms with van der Waals surface area (Å²) in [5.41, 5.74) is 6.95. The third-order valence-electron chi connectivity index (χ3n) is 4.88. The van der Waals surface area contributed by atoms with Gasteiger partial charge in [0, 0.05) is 15.0 Å². The fraction of sp³-hybridized carbons (Fsp3) is 0.200. The van der Waals surface area contributed by atoms with Crippen molar-refractivity contribution in [3.8, 4) is 10.8 Å². The van der Waals surface area contributed by atoms with Crippen molar-refractivity contribution in [3.63, 3.8) is 0 Å². The third-order valence-corrected chi connectivity index (χ3v) is 8.57. The lowest BCUT2D eigenvalue weighted by atomic mass is 10.1. The van der Waals surface area contributed by atoms with Gasteiger partial charge in [-0.2, -0.15) is 0 Å². The Morgan fingerprint density at radius 1 is 1.23 bits per heavy atom. The maximum absolute atomic E-state index is 12.4. The van der Waals surface area contributed by atoms with Crippen molar-refractivity contribution in [2.75, 3.05) is 11.1 Å². The van der Waals surface area contributed by atoms with Crippen molar-refractivity contribution >= 4 is 72.9 Å². The second-order valence-electron chi connectivity index (χ2n) is 6.88. The predicted molar refractivity (Wildman–Crippen MR) is 124 cm³/mol. The van der Waals surface area contributed by atoms with Crippen LogP contribution in [0.2, 0.25) is 5.02 Å². The second kappa shape index (κ2) is 8.27. The van der Waals surface area contributed by atoms with Crippen LogP contribution < -0.4 is 11.1 Å². The van der Waals surface area contributed by atoms with Crippen molar-refractivity contribution in [2.45, 2.75) is 24.5 Å². The van der Waals surface area contributed by atoms with Crippen LogP contribution in [-0.2, 0) is 17.6 Å². The van der Waals surface area contributed by atoms with E-state index in [1.807, 2.05) is 24.3 Å². The van der Waals surface area contributed by atoms with Gasteiger partial charge >= 0.3 is 0 Å². The van der Waals surface area contributed by atoms with Crippen molar-refractivity contribution in [1.29, 1.82) is 0 Å². The van der Waals surface area contributed by atoms with Gasteiger partial charge in [0.1, 0.15) is 9.88 Å². The van der Waals surface area contributed by atoms with E-state index < -0.39 is 5.91 Å². The lowest BCUT2D eigenvalue weighted by Gasteiger charge is -2.04. The van der Waals surface area contributed by atoms with E-state index in [-0.39, 0.29) is 16.9 Å². The van der Waals surface area contributed by atoms with Crippen LogP contribution in [-0.4, -0.2) is 27.8 Å². The van der Waals surface area contributed by atoms with Gasteiger partial charge in [0.05, 0.1) is 16.3 Å². The highest BCUT2D eigenvalue weighted by molar-refractivity contribution is 7.99.